The molecule has 0 aliphatic carbocycles. The second-order valence-electron chi connectivity index (χ2n) is 12.5. The van der Waals surface area contributed by atoms with Crippen molar-refractivity contribution < 1.29 is 4.74 Å². The molecule has 232 valence electrons. The van der Waals surface area contributed by atoms with Crippen molar-refractivity contribution in [1.29, 1.82) is 0 Å². The normalized spacial score (nSPS) is 11.5. The van der Waals surface area contributed by atoms with Gasteiger partial charge >= 0.3 is 0 Å². The highest BCUT2D eigenvalue weighted by molar-refractivity contribution is 7.80. The molecule has 0 atom stereocenters. The minimum Gasteiger partial charge on any atom is -0.488 e. The fourth-order valence-electron chi connectivity index (χ4n) is 7.13. The summed E-state index contributed by atoms with van der Waals surface area (Å²) >= 11 is 0. The molecular weight excluding hydrogens is 611 g/mol. The van der Waals surface area contributed by atoms with Crippen molar-refractivity contribution in [2.75, 3.05) is 0 Å². The third kappa shape index (κ3) is 5.53. The van der Waals surface area contributed by atoms with E-state index in [2.05, 4.69) is 188 Å². The van der Waals surface area contributed by atoms with Gasteiger partial charge in [-0.1, -0.05) is 170 Å². The lowest BCUT2D eigenvalue weighted by atomic mass is 9.93. The summed E-state index contributed by atoms with van der Waals surface area (Å²) in [6, 6.07) is 68.5. The summed E-state index contributed by atoms with van der Waals surface area (Å²) in [6.07, 6.45) is 0. The van der Waals surface area contributed by atoms with Crippen LogP contribution in [0, 0.1) is 0 Å². The first-order valence-corrected chi connectivity index (χ1v) is 18.1. The van der Waals surface area contributed by atoms with Crippen LogP contribution in [0.4, 0.5) is 0 Å². The Labute approximate surface area is 287 Å². The van der Waals surface area contributed by atoms with Crippen LogP contribution in [0.15, 0.2) is 188 Å². The highest BCUT2D eigenvalue weighted by Crippen LogP contribution is 2.46. The van der Waals surface area contributed by atoms with E-state index in [-0.39, 0.29) is 0 Å². The summed E-state index contributed by atoms with van der Waals surface area (Å²) in [7, 11) is -0.986. The van der Waals surface area contributed by atoms with Crippen LogP contribution in [-0.4, -0.2) is 0 Å². The van der Waals surface area contributed by atoms with Gasteiger partial charge in [-0.15, -0.1) is 0 Å². The largest absolute Gasteiger partial charge is 0.488 e. The fourth-order valence-corrected chi connectivity index (χ4v) is 9.65. The molecule has 49 heavy (non-hydrogen) atoms. The van der Waals surface area contributed by atoms with Crippen LogP contribution in [0.25, 0.3) is 54.2 Å². The van der Waals surface area contributed by atoms with Gasteiger partial charge in [0.2, 0.25) is 0 Å². The molecule has 0 aliphatic rings. The third-order valence-electron chi connectivity index (χ3n) is 9.51. The maximum atomic E-state index is 6.80. The van der Waals surface area contributed by atoms with E-state index in [9.17, 15) is 0 Å². The monoisotopic (exact) mass is 644 g/mol. The van der Waals surface area contributed by atoms with Crippen molar-refractivity contribution in [2.24, 2.45) is 0 Å². The molecule has 0 spiro atoms. The smallest absolute Gasteiger partial charge is 0.128 e. The van der Waals surface area contributed by atoms with E-state index in [1.54, 1.807) is 0 Å². The van der Waals surface area contributed by atoms with Gasteiger partial charge in [0.25, 0.3) is 0 Å². The summed E-state index contributed by atoms with van der Waals surface area (Å²) in [5.74, 6) is 0.895. The Morgan fingerprint density at radius 2 is 0.837 bits per heavy atom. The van der Waals surface area contributed by atoms with Crippen molar-refractivity contribution in [2.45, 2.75) is 6.61 Å². The van der Waals surface area contributed by atoms with E-state index in [4.69, 9.17) is 4.74 Å². The van der Waals surface area contributed by atoms with Gasteiger partial charge in [-0.05, 0) is 90.7 Å². The topological polar surface area (TPSA) is 9.23 Å². The first-order valence-electron chi connectivity index (χ1n) is 16.8. The van der Waals surface area contributed by atoms with E-state index < -0.39 is 7.92 Å². The average molecular weight is 645 g/mol. The van der Waals surface area contributed by atoms with Gasteiger partial charge in [0.05, 0.1) is 0 Å². The molecule has 0 aliphatic heterocycles. The minimum atomic E-state index is -0.986. The van der Waals surface area contributed by atoms with Crippen LogP contribution >= 0.6 is 7.92 Å². The van der Waals surface area contributed by atoms with Gasteiger partial charge in [-0.25, -0.2) is 0 Å². The van der Waals surface area contributed by atoms with Gasteiger partial charge in [-0.2, -0.15) is 0 Å². The standard InChI is InChI=1S/C47H33OP/c1-2-12-33(13-3-1)32-48-44-28-24-36-16-8-10-20-42(36)46(44)47-43-21-11-9-17-37(43)25-29-45(47)49(40-26-22-34-14-4-6-18-38(34)30-40)41-27-23-35-15-5-7-19-39(35)31-41/h1-31H,32H2. The molecule has 9 aromatic carbocycles. The zero-order valence-electron chi connectivity index (χ0n) is 27.0. The predicted octanol–water partition coefficient (Wildman–Crippen LogP) is 11.3. The number of benzene rings is 9. The molecule has 0 amide bonds. The second-order valence-corrected chi connectivity index (χ2v) is 14.7. The lowest BCUT2D eigenvalue weighted by molar-refractivity contribution is 0.308. The molecule has 0 saturated carbocycles. The number of hydrogen-bond acceptors (Lipinski definition) is 1. The lowest BCUT2D eigenvalue weighted by Gasteiger charge is -2.26. The summed E-state index contributed by atoms with van der Waals surface area (Å²) in [5, 5.41) is 13.8. The van der Waals surface area contributed by atoms with Crippen LogP contribution in [0.2, 0.25) is 0 Å². The highest BCUT2D eigenvalue weighted by Gasteiger charge is 2.26. The SMILES string of the molecule is c1ccc(COc2ccc3ccccc3c2-c2c(P(c3ccc4ccccc4c3)c3ccc4ccccc4c3)ccc3ccccc23)cc1. The Kier molecular flexibility index (Phi) is 7.62. The summed E-state index contributed by atoms with van der Waals surface area (Å²) in [5.41, 5.74) is 3.54. The average Bonchev–Trinajstić information content (AvgIpc) is 3.17. The summed E-state index contributed by atoms with van der Waals surface area (Å²) in [4.78, 5) is 0. The molecule has 0 radical (unpaired) electrons. The van der Waals surface area contributed by atoms with Gasteiger partial charge in [-0.3, -0.25) is 0 Å². The number of rotatable bonds is 7. The van der Waals surface area contributed by atoms with Crippen LogP contribution in [0.3, 0.4) is 0 Å². The number of fused-ring (bicyclic) bond motifs is 4. The molecule has 0 aromatic heterocycles. The second kappa shape index (κ2) is 12.7. The van der Waals surface area contributed by atoms with Gasteiger partial charge in [0.1, 0.15) is 12.4 Å². The van der Waals surface area contributed by atoms with Crippen LogP contribution in [0.1, 0.15) is 5.56 Å². The lowest BCUT2D eigenvalue weighted by Crippen LogP contribution is -2.22. The van der Waals surface area contributed by atoms with E-state index in [0.29, 0.717) is 6.61 Å². The maximum absolute atomic E-state index is 6.80. The maximum Gasteiger partial charge on any atom is 0.128 e. The molecule has 0 bridgehead atoms. The number of ether oxygens (including phenoxy) is 1. The molecule has 0 unspecified atom stereocenters. The van der Waals surface area contributed by atoms with Crippen LogP contribution in [0.5, 0.6) is 5.75 Å². The van der Waals surface area contributed by atoms with E-state index >= 15 is 0 Å². The van der Waals surface area contributed by atoms with Gasteiger partial charge in [0.15, 0.2) is 0 Å². The third-order valence-corrected chi connectivity index (χ3v) is 12.0. The molecule has 9 rings (SSSR count). The Bertz CT molecular complexity index is 2540. The Hall–Kier alpha value is -5.75. The predicted molar refractivity (Wildman–Crippen MR) is 211 cm³/mol. The molecular formula is C47H33OP. The summed E-state index contributed by atoms with van der Waals surface area (Å²) in [6.45, 7) is 0.496. The van der Waals surface area contributed by atoms with E-state index in [1.807, 2.05) is 0 Å². The molecule has 0 saturated heterocycles. The molecule has 2 heteroatoms. The Balaban J connectivity index is 1.35. The zero-order chi connectivity index (χ0) is 32.6. The summed E-state index contributed by atoms with van der Waals surface area (Å²) < 4.78 is 6.80. The van der Waals surface area contributed by atoms with Crippen molar-refractivity contribution in [3.8, 4) is 16.9 Å². The first-order chi connectivity index (χ1) is 24.3. The van der Waals surface area contributed by atoms with Gasteiger partial charge in [0, 0.05) is 11.1 Å². The van der Waals surface area contributed by atoms with Crippen molar-refractivity contribution in [1.82, 2.24) is 0 Å². The van der Waals surface area contributed by atoms with E-state index in [1.165, 1.54) is 64.6 Å². The Morgan fingerprint density at radius 3 is 1.45 bits per heavy atom. The van der Waals surface area contributed by atoms with Crippen molar-refractivity contribution >= 4 is 66.9 Å². The van der Waals surface area contributed by atoms with Crippen LogP contribution in [-0.2, 0) is 6.61 Å². The molecule has 0 heterocycles. The molecule has 9 aromatic rings. The molecule has 1 nitrogen and oxygen atoms in total. The van der Waals surface area contributed by atoms with Crippen molar-refractivity contribution in [3.05, 3.63) is 194 Å². The Morgan fingerprint density at radius 1 is 0.367 bits per heavy atom. The number of hydrogen-bond donors (Lipinski definition) is 0. The van der Waals surface area contributed by atoms with Gasteiger partial charge < -0.3 is 4.74 Å². The highest BCUT2D eigenvalue weighted by atomic mass is 31.1. The fraction of sp³-hybridized carbons (Fsp3) is 0.0213. The molecule has 0 fully saturated rings. The zero-order valence-corrected chi connectivity index (χ0v) is 27.9. The quantitative estimate of drug-likeness (QED) is 0.157. The van der Waals surface area contributed by atoms with Crippen LogP contribution < -0.4 is 20.7 Å². The van der Waals surface area contributed by atoms with E-state index in [0.717, 1.165) is 16.9 Å². The van der Waals surface area contributed by atoms with Crippen molar-refractivity contribution in [3.63, 3.8) is 0 Å². The first kappa shape index (κ1) is 29.4. The molecule has 0 N–H and O–H groups in total. The minimum absolute atomic E-state index is 0.496.